The first-order valence-electron chi connectivity index (χ1n) is 6.90. The molecule has 21 heavy (non-hydrogen) atoms. The number of nitrogens with one attached hydrogen (secondary N) is 1. The van der Waals surface area contributed by atoms with Crippen LogP contribution in [0.1, 0.15) is 33.9 Å². The molecule has 3 N–H and O–H groups in total. The Balaban J connectivity index is 2.38. The van der Waals surface area contributed by atoms with E-state index >= 15 is 0 Å². The maximum absolute atomic E-state index is 6.11. The monoisotopic (exact) mass is 366 g/mol. The lowest BCUT2D eigenvalue weighted by molar-refractivity contribution is 0.547. The van der Waals surface area contributed by atoms with Crippen molar-refractivity contribution in [1.82, 2.24) is 5.43 Å². The van der Waals surface area contributed by atoms with Crippen LogP contribution in [0.25, 0.3) is 0 Å². The lowest BCUT2D eigenvalue weighted by Gasteiger charge is -2.21. The predicted octanol–water partition coefficient (Wildman–Crippen LogP) is 4.77. The third-order valence-electron chi connectivity index (χ3n) is 3.78. The Morgan fingerprint density at radius 3 is 2.33 bits per heavy atom. The summed E-state index contributed by atoms with van der Waals surface area (Å²) in [5.41, 5.74) is 9.20. The largest absolute Gasteiger partial charge is 0.271 e. The zero-order valence-corrected chi connectivity index (χ0v) is 14.8. The quantitative estimate of drug-likeness (QED) is 0.603. The molecular weight excluding hydrogens is 348 g/mol. The van der Waals surface area contributed by atoms with Gasteiger partial charge in [-0.1, -0.05) is 45.2 Å². The van der Waals surface area contributed by atoms with E-state index in [2.05, 4.69) is 54.3 Å². The van der Waals surface area contributed by atoms with Gasteiger partial charge < -0.3 is 0 Å². The molecule has 1 unspecified atom stereocenters. The van der Waals surface area contributed by atoms with Crippen molar-refractivity contribution in [2.24, 2.45) is 5.84 Å². The Kier molecular flexibility index (Phi) is 5.44. The average Bonchev–Trinajstić information content (AvgIpc) is 2.41. The molecule has 0 saturated heterocycles. The Hall–Kier alpha value is -0.870. The summed E-state index contributed by atoms with van der Waals surface area (Å²) in [5.74, 6) is 5.79. The maximum atomic E-state index is 6.11. The second kappa shape index (κ2) is 6.93. The minimum atomic E-state index is 0.0122. The van der Waals surface area contributed by atoms with Crippen molar-refractivity contribution in [1.29, 1.82) is 0 Å². The highest BCUT2D eigenvalue weighted by atomic mass is 79.9. The second-order valence-corrected chi connectivity index (χ2v) is 6.76. The summed E-state index contributed by atoms with van der Waals surface area (Å²) in [6, 6.07) is 10.2. The fourth-order valence-electron chi connectivity index (χ4n) is 2.78. The molecule has 0 saturated carbocycles. The van der Waals surface area contributed by atoms with Gasteiger partial charge in [0.2, 0.25) is 0 Å². The molecule has 0 spiro atoms. The number of nitrogens with two attached hydrogens (primary N) is 1. The van der Waals surface area contributed by atoms with Gasteiger partial charge in [0.15, 0.2) is 0 Å². The van der Waals surface area contributed by atoms with Crippen molar-refractivity contribution < 1.29 is 0 Å². The molecule has 2 aromatic carbocycles. The molecule has 0 aliphatic carbocycles. The molecule has 0 aromatic heterocycles. The number of rotatable bonds is 4. The summed E-state index contributed by atoms with van der Waals surface area (Å²) in [6.45, 7) is 6.42. The minimum absolute atomic E-state index is 0.0122. The first-order valence-corrected chi connectivity index (χ1v) is 8.07. The van der Waals surface area contributed by atoms with Crippen LogP contribution in [0, 0.1) is 20.8 Å². The third-order valence-corrected chi connectivity index (χ3v) is 4.74. The minimum Gasteiger partial charge on any atom is -0.271 e. The van der Waals surface area contributed by atoms with E-state index in [0.29, 0.717) is 5.02 Å². The fourth-order valence-corrected chi connectivity index (χ4v) is 3.48. The van der Waals surface area contributed by atoms with Crippen LogP contribution in [0.2, 0.25) is 5.02 Å². The summed E-state index contributed by atoms with van der Waals surface area (Å²) in [6.07, 6.45) is 0.827. The molecule has 0 aliphatic rings. The van der Waals surface area contributed by atoms with Crippen LogP contribution in [0.5, 0.6) is 0 Å². The van der Waals surface area contributed by atoms with Gasteiger partial charge in [0.25, 0.3) is 0 Å². The molecule has 0 heterocycles. The molecular formula is C17H20BrClN2. The Morgan fingerprint density at radius 2 is 1.76 bits per heavy atom. The zero-order valence-electron chi connectivity index (χ0n) is 12.5. The SMILES string of the molecule is Cc1cc(C)c(CC(NN)c2cc(Cl)ccc2Br)c(C)c1. The van der Waals surface area contributed by atoms with E-state index in [-0.39, 0.29) is 6.04 Å². The number of hydrazine groups is 1. The fraction of sp³-hybridized carbons (Fsp3) is 0.294. The van der Waals surface area contributed by atoms with Gasteiger partial charge in [0.1, 0.15) is 0 Å². The molecule has 1 atom stereocenters. The van der Waals surface area contributed by atoms with E-state index in [1.165, 1.54) is 22.3 Å². The molecule has 2 rings (SSSR count). The van der Waals surface area contributed by atoms with Gasteiger partial charge in [-0.25, -0.2) is 0 Å². The van der Waals surface area contributed by atoms with Crippen molar-refractivity contribution in [3.05, 3.63) is 67.6 Å². The van der Waals surface area contributed by atoms with Crippen LogP contribution in [-0.4, -0.2) is 0 Å². The predicted molar refractivity (Wildman–Crippen MR) is 93.6 cm³/mol. The highest BCUT2D eigenvalue weighted by molar-refractivity contribution is 9.10. The summed E-state index contributed by atoms with van der Waals surface area (Å²) >= 11 is 9.69. The Labute approximate surface area is 139 Å². The number of benzene rings is 2. The molecule has 0 aliphatic heterocycles. The van der Waals surface area contributed by atoms with Crippen LogP contribution >= 0.6 is 27.5 Å². The second-order valence-electron chi connectivity index (χ2n) is 5.47. The van der Waals surface area contributed by atoms with Gasteiger partial charge in [-0.3, -0.25) is 11.3 Å². The molecule has 112 valence electrons. The summed E-state index contributed by atoms with van der Waals surface area (Å²) in [5, 5.41) is 0.714. The van der Waals surface area contributed by atoms with E-state index in [1.54, 1.807) is 0 Å². The Bertz CT molecular complexity index is 632. The van der Waals surface area contributed by atoms with Crippen molar-refractivity contribution >= 4 is 27.5 Å². The Morgan fingerprint density at radius 1 is 1.14 bits per heavy atom. The van der Waals surface area contributed by atoms with Crippen molar-refractivity contribution in [3.8, 4) is 0 Å². The van der Waals surface area contributed by atoms with Crippen LogP contribution in [0.3, 0.4) is 0 Å². The number of aryl methyl sites for hydroxylation is 3. The smallest absolute Gasteiger partial charge is 0.0512 e. The molecule has 0 fully saturated rings. The van der Waals surface area contributed by atoms with E-state index < -0.39 is 0 Å². The zero-order chi connectivity index (χ0) is 15.6. The van der Waals surface area contributed by atoms with Crippen LogP contribution in [0.4, 0.5) is 0 Å². The molecule has 0 bridgehead atoms. The lowest BCUT2D eigenvalue weighted by Crippen LogP contribution is -2.30. The maximum Gasteiger partial charge on any atom is 0.0512 e. The van der Waals surface area contributed by atoms with E-state index in [4.69, 9.17) is 17.4 Å². The van der Waals surface area contributed by atoms with Crippen LogP contribution in [0.15, 0.2) is 34.8 Å². The molecule has 0 radical (unpaired) electrons. The van der Waals surface area contributed by atoms with E-state index in [9.17, 15) is 0 Å². The van der Waals surface area contributed by atoms with Crippen molar-refractivity contribution in [3.63, 3.8) is 0 Å². The van der Waals surface area contributed by atoms with E-state index in [0.717, 1.165) is 16.5 Å². The topological polar surface area (TPSA) is 38.0 Å². The van der Waals surface area contributed by atoms with Crippen LogP contribution < -0.4 is 11.3 Å². The molecule has 2 nitrogen and oxygen atoms in total. The molecule has 0 amide bonds. The normalized spacial score (nSPS) is 12.5. The van der Waals surface area contributed by atoms with Crippen LogP contribution in [-0.2, 0) is 6.42 Å². The van der Waals surface area contributed by atoms with Gasteiger partial charge in [-0.15, -0.1) is 0 Å². The standard InChI is InChI=1S/C17H20BrClN2/c1-10-6-11(2)14(12(3)7-10)9-17(21-20)15-8-13(19)4-5-16(15)18/h4-8,17,21H,9,20H2,1-3H3. The lowest BCUT2D eigenvalue weighted by atomic mass is 9.92. The molecule has 4 heteroatoms. The summed E-state index contributed by atoms with van der Waals surface area (Å²) in [4.78, 5) is 0. The summed E-state index contributed by atoms with van der Waals surface area (Å²) in [7, 11) is 0. The van der Waals surface area contributed by atoms with Gasteiger partial charge >= 0.3 is 0 Å². The van der Waals surface area contributed by atoms with Crippen molar-refractivity contribution in [2.45, 2.75) is 33.2 Å². The summed E-state index contributed by atoms with van der Waals surface area (Å²) < 4.78 is 1.01. The highest BCUT2D eigenvalue weighted by Gasteiger charge is 2.16. The van der Waals surface area contributed by atoms with Gasteiger partial charge in [0, 0.05) is 9.50 Å². The van der Waals surface area contributed by atoms with Gasteiger partial charge in [-0.05, 0) is 67.6 Å². The highest BCUT2D eigenvalue weighted by Crippen LogP contribution is 2.30. The first-order chi connectivity index (χ1) is 9.92. The number of hydrogen-bond donors (Lipinski definition) is 2. The van der Waals surface area contributed by atoms with Gasteiger partial charge in [-0.2, -0.15) is 0 Å². The molecule has 2 aromatic rings. The number of halogens is 2. The third kappa shape index (κ3) is 3.86. The number of hydrogen-bond acceptors (Lipinski definition) is 2. The van der Waals surface area contributed by atoms with Crippen molar-refractivity contribution in [2.75, 3.05) is 0 Å². The van der Waals surface area contributed by atoms with Gasteiger partial charge in [0.05, 0.1) is 6.04 Å². The average molecular weight is 368 g/mol. The first kappa shape index (κ1) is 16.5. The van der Waals surface area contributed by atoms with E-state index in [1.807, 2.05) is 18.2 Å².